The van der Waals surface area contributed by atoms with Gasteiger partial charge in [-0.1, -0.05) is 13.0 Å². The van der Waals surface area contributed by atoms with Crippen LogP contribution in [0.4, 0.5) is 4.79 Å². The van der Waals surface area contributed by atoms with E-state index in [2.05, 4.69) is 17.2 Å². The lowest BCUT2D eigenvalue weighted by Gasteiger charge is -2.14. The van der Waals surface area contributed by atoms with Crippen LogP contribution in [0, 0.1) is 5.92 Å². The maximum Gasteiger partial charge on any atom is 0.315 e. The molecule has 0 aliphatic carbocycles. The third-order valence-electron chi connectivity index (χ3n) is 2.17. The predicted molar refractivity (Wildman–Crippen MR) is 62.2 cm³/mol. The second-order valence-corrected chi connectivity index (χ2v) is 3.92. The Bertz CT molecular complexity index is 254. The van der Waals surface area contributed by atoms with Crippen LogP contribution in [0.1, 0.15) is 26.7 Å². The highest BCUT2D eigenvalue weighted by molar-refractivity contribution is 5.74. The van der Waals surface area contributed by atoms with E-state index in [1.54, 1.807) is 6.08 Å². The topological polar surface area (TPSA) is 78.4 Å². The minimum absolute atomic E-state index is 0.0747. The van der Waals surface area contributed by atoms with Crippen LogP contribution < -0.4 is 10.6 Å². The molecule has 2 atom stereocenters. The number of carbonyl (C=O) groups is 2. The van der Waals surface area contributed by atoms with Crippen molar-refractivity contribution in [1.29, 1.82) is 0 Å². The van der Waals surface area contributed by atoms with E-state index in [0.29, 0.717) is 13.0 Å². The van der Waals surface area contributed by atoms with Crippen LogP contribution in [0.25, 0.3) is 0 Å². The van der Waals surface area contributed by atoms with Crippen LogP contribution in [-0.4, -0.2) is 29.7 Å². The number of carboxylic acids is 1. The molecule has 0 aliphatic rings. The summed E-state index contributed by atoms with van der Waals surface area (Å²) in [6.07, 6.45) is 2.33. The molecular weight excluding hydrogens is 208 g/mol. The van der Waals surface area contributed by atoms with Crippen molar-refractivity contribution < 1.29 is 14.7 Å². The minimum Gasteiger partial charge on any atom is -0.481 e. The molecule has 5 heteroatoms. The minimum atomic E-state index is -0.809. The molecule has 16 heavy (non-hydrogen) atoms. The van der Waals surface area contributed by atoms with Gasteiger partial charge in [-0.3, -0.25) is 4.79 Å². The van der Waals surface area contributed by atoms with Crippen LogP contribution in [0.15, 0.2) is 12.7 Å². The summed E-state index contributed by atoms with van der Waals surface area (Å²) in [6, 6.07) is -0.330. The lowest BCUT2D eigenvalue weighted by atomic mass is 10.1. The number of hydrogen-bond donors (Lipinski definition) is 3. The first-order valence-electron chi connectivity index (χ1n) is 5.34. The van der Waals surface area contributed by atoms with E-state index in [0.717, 1.165) is 0 Å². The summed E-state index contributed by atoms with van der Waals surface area (Å²) < 4.78 is 0. The summed E-state index contributed by atoms with van der Waals surface area (Å²) in [6.45, 7) is 7.75. The van der Waals surface area contributed by atoms with Gasteiger partial charge in [0.25, 0.3) is 0 Å². The number of amides is 2. The molecule has 0 radical (unpaired) electrons. The van der Waals surface area contributed by atoms with E-state index in [9.17, 15) is 9.59 Å². The molecule has 0 aliphatic heterocycles. The Morgan fingerprint density at radius 3 is 2.56 bits per heavy atom. The summed E-state index contributed by atoms with van der Waals surface area (Å²) in [4.78, 5) is 21.6. The molecule has 0 fully saturated rings. The Balaban J connectivity index is 3.66. The maximum absolute atomic E-state index is 11.3. The van der Waals surface area contributed by atoms with E-state index >= 15 is 0 Å². The highest BCUT2D eigenvalue weighted by Gasteiger charge is 2.08. The summed E-state index contributed by atoms with van der Waals surface area (Å²) in [5, 5.41) is 13.8. The first-order chi connectivity index (χ1) is 7.45. The van der Waals surface area contributed by atoms with Gasteiger partial charge in [-0.05, 0) is 19.3 Å². The quantitative estimate of drug-likeness (QED) is 0.576. The zero-order chi connectivity index (χ0) is 12.6. The summed E-state index contributed by atoms with van der Waals surface area (Å²) in [7, 11) is 0. The summed E-state index contributed by atoms with van der Waals surface area (Å²) in [5.41, 5.74) is 0. The van der Waals surface area contributed by atoms with Gasteiger partial charge in [0.05, 0.1) is 0 Å². The van der Waals surface area contributed by atoms with Crippen LogP contribution >= 0.6 is 0 Å². The molecule has 2 amide bonds. The second-order valence-electron chi connectivity index (χ2n) is 3.92. The number of carbonyl (C=O) groups excluding carboxylic acids is 1. The van der Waals surface area contributed by atoms with Crippen molar-refractivity contribution in [3.8, 4) is 0 Å². The van der Waals surface area contributed by atoms with Gasteiger partial charge in [0.1, 0.15) is 0 Å². The molecule has 0 aromatic heterocycles. The van der Waals surface area contributed by atoms with Gasteiger partial charge in [-0.25, -0.2) is 4.79 Å². The number of aliphatic carboxylic acids is 1. The largest absolute Gasteiger partial charge is 0.481 e. The Labute approximate surface area is 95.9 Å². The fourth-order valence-corrected chi connectivity index (χ4v) is 1.06. The third kappa shape index (κ3) is 7.84. The molecule has 0 saturated heterocycles. The number of nitrogens with one attached hydrogen (secondary N) is 2. The highest BCUT2D eigenvalue weighted by atomic mass is 16.4. The Morgan fingerprint density at radius 1 is 1.44 bits per heavy atom. The van der Waals surface area contributed by atoms with Gasteiger partial charge in [-0.15, -0.1) is 6.58 Å². The van der Waals surface area contributed by atoms with Crippen molar-refractivity contribution in [2.24, 2.45) is 5.92 Å². The Kier molecular flexibility index (Phi) is 7.00. The van der Waals surface area contributed by atoms with Crippen molar-refractivity contribution in [3.63, 3.8) is 0 Å². The van der Waals surface area contributed by atoms with Crippen molar-refractivity contribution >= 4 is 12.0 Å². The van der Waals surface area contributed by atoms with Gasteiger partial charge in [-0.2, -0.15) is 0 Å². The zero-order valence-corrected chi connectivity index (χ0v) is 9.82. The van der Waals surface area contributed by atoms with E-state index in [1.807, 2.05) is 13.8 Å². The molecule has 0 spiro atoms. The summed E-state index contributed by atoms with van der Waals surface area (Å²) >= 11 is 0. The molecule has 92 valence electrons. The first-order valence-corrected chi connectivity index (χ1v) is 5.34. The van der Waals surface area contributed by atoms with E-state index in [4.69, 9.17) is 5.11 Å². The first kappa shape index (κ1) is 14.5. The van der Waals surface area contributed by atoms with Crippen LogP contribution in [0.2, 0.25) is 0 Å². The molecule has 0 bridgehead atoms. The van der Waals surface area contributed by atoms with Gasteiger partial charge in [0.2, 0.25) is 0 Å². The highest BCUT2D eigenvalue weighted by Crippen LogP contribution is 2.03. The molecule has 0 saturated carbocycles. The van der Waals surface area contributed by atoms with Gasteiger partial charge in [0, 0.05) is 19.0 Å². The van der Waals surface area contributed by atoms with Crippen molar-refractivity contribution in [1.82, 2.24) is 10.6 Å². The Morgan fingerprint density at radius 2 is 2.06 bits per heavy atom. The average Bonchev–Trinajstić information content (AvgIpc) is 2.23. The van der Waals surface area contributed by atoms with Crippen LogP contribution in [0.3, 0.4) is 0 Å². The molecule has 2 unspecified atom stereocenters. The van der Waals surface area contributed by atoms with Gasteiger partial charge < -0.3 is 15.7 Å². The molecule has 0 aromatic carbocycles. The van der Waals surface area contributed by atoms with Crippen molar-refractivity contribution in [3.05, 3.63) is 12.7 Å². The third-order valence-corrected chi connectivity index (χ3v) is 2.17. The van der Waals surface area contributed by atoms with E-state index in [-0.39, 0.29) is 24.4 Å². The molecule has 3 N–H and O–H groups in total. The molecule has 5 nitrogen and oxygen atoms in total. The SMILES string of the molecule is C=CC(C)NC(=O)NCC(C)CCC(=O)O. The second kappa shape index (κ2) is 7.73. The molecule has 0 aromatic rings. The summed E-state index contributed by atoms with van der Waals surface area (Å²) in [5.74, 6) is -0.655. The van der Waals surface area contributed by atoms with Crippen molar-refractivity contribution in [2.75, 3.05) is 6.54 Å². The average molecular weight is 228 g/mol. The van der Waals surface area contributed by atoms with Crippen LogP contribution in [-0.2, 0) is 4.79 Å². The van der Waals surface area contributed by atoms with Gasteiger partial charge in [0.15, 0.2) is 0 Å². The van der Waals surface area contributed by atoms with Crippen molar-refractivity contribution in [2.45, 2.75) is 32.7 Å². The fraction of sp³-hybridized carbons (Fsp3) is 0.636. The number of urea groups is 1. The lowest BCUT2D eigenvalue weighted by molar-refractivity contribution is -0.137. The molecule has 0 heterocycles. The predicted octanol–water partition coefficient (Wildman–Crippen LogP) is 1.36. The van der Waals surface area contributed by atoms with E-state index in [1.165, 1.54) is 0 Å². The maximum atomic E-state index is 11.3. The van der Waals surface area contributed by atoms with Gasteiger partial charge >= 0.3 is 12.0 Å². The monoisotopic (exact) mass is 228 g/mol. The molecular formula is C11H20N2O3. The lowest BCUT2D eigenvalue weighted by Crippen LogP contribution is -2.41. The molecule has 0 rings (SSSR count). The smallest absolute Gasteiger partial charge is 0.315 e. The number of carboxylic acid groups (broad SMARTS) is 1. The fourth-order valence-electron chi connectivity index (χ4n) is 1.06. The Hall–Kier alpha value is -1.52. The number of hydrogen-bond acceptors (Lipinski definition) is 2. The van der Waals surface area contributed by atoms with E-state index < -0.39 is 5.97 Å². The number of rotatable bonds is 7. The normalized spacial score (nSPS) is 13.6. The zero-order valence-electron chi connectivity index (χ0n) is 9.82. The van der Waals surface area contributed by atoms with Crippen LogP contribution in [0.5, 0.6) is 0 Å². The standard InChI is InChI=1S/C11H20N2O3/c1-4-9(3)13-11(16)12-7-8(2)5-6-10(14)15/h4,8-9H,1,5-7H2,2-3H3,(H,14,15)(H2,12,13,16).